The van der Waals surface area contributed by atoms with E-state index < -0.39 is 17.9 Å². The van der Waals surface area contributed by atoms with Crippen LogP contribution < -0.4 is 20.9 Å². The Bertz CT molecular complexity index is 1120. The third-order valence-corrected chi connectivity index (χ3v) is 5.69. The Morgan fingerprint density at radius 2 is 2.03 bits per heavy atom. The van der Waals surface area contributed by atoms with Crippen molar-refractivity contribution in [1.82, 2.24) is 25.2 Å². The molecule has 2 unspecified atom stereocenters. The third-order valence-electron chi connectivity index (χ3n) is 4.96. The lowest BCUT2D eigenvalue weighted by molar-refractivity contribution is -0.120. The van der Waals surface area contributed by atoms with Gasteiger partial charge >= 0.3 is 0 Å². The van der Waals surface area contributed by atoms with Gasteiger partial charge in [0.15, 0.2) is 0 Å². The molecule has 0 bridgehead atoms. The molecule has 0 aromatic carbocycles. The van der Waals surface area contributed by atoms with Crippen molar-refractivity contribution in [2.45, 2.75) is 26.2 Å². The van der Waals surface area contributed by atoms with E-state index in [1.807, 2.05) is 0 Å². The van der Waals surface area contributed by atoms with Gasteiger partial charge in [-0.25, -0.2) is 8.78 Å². The van der Waals surface area contributed by atoms with Crippen LogP contribution in [0.25, 0.3) is 0 Å². The number of hydrogen-bond acceptors (Lipinski definition) is 6. The van der Waals surface area contributed by atoms with E-state index in [2.05, 4.69) is 36.5 Å². The molecule has 176 valence electrons. The van der Waals surface area contributed by atoms with Crippen LogP contribution in [0.15, 0.2) is 51.8 Å². The second-order valence-electron chi connectivity index (χ2n) is 7.49. The first-order chi connectivity index (χ1) is 15.8. The Balaban J connectivity index is 1.66. The quantitative estimate of drug-likeness (QED) is 0.523. The molecule has 1 amide bonds. The molecule has 2 heterocycles. The van der Waals surface area contributed by atoms with Gasteiger partial charge in [0.05, 0.1) is 50.0 Å². The van der Waals surface area contributed by atoms with Crippen molar-refractivity contribution in [2.75, 3.05) is 20.2 Å². The molecule has 2 atom stereocenters. The number of amides is 1. The number of nitrogens with one attached hydrogen (secondary N) is 2. The van der Waals surface area contributed by atoms with Gasteiger partial charge in [-0.05, 0) is 42.1 Å². The molecule has 3 rings (SSSR count). The Morgan fingerprint density at radius 1 is 1.30 bits per heavy atom. The van der Waals surface area contributed by atoms with E-state index in [9.17, 15) is 18.4 Å². The van der Waals surface area contributed by atoms with Crippen molar-refractivity contribution in [3.8, 4) is 5.75 Å². The summed E-state index contributed by atoms with van der Waals surface area (Å²) in [6, 6.07) is 1.67. The number of rotatable bonds is 9. The minimum absolute atomic E-state index is 0.0409. The number of ether oxygens (including phenoxy) is 1. The van der Waals surface area contributed by atoms with Crippen LogP contribution in [-0.4, -0.2) is 46.8 Å². The fraction of sp³-hybridized carbons (Fsp3) is 0.364. The normalized spacial score (nSPS) is 17.5. The Morgan fingerprint density at radius 3 is 2.70 bits per heavy atom. The lowest BCUT2D eigenvalue weighted by atomic mass is 9.99. The number of allylic oxidation sites excluding steroid dienone is 3. The van der Waals surface area contributed by atoms with Gasteiger partial charge in [-0.15, -0.1) is 0 Å². The number of aromatic nitrogens is 3. The number of pyridine rings is 1. The summed E-state index contributed by atoms with van der Waals surface area (Å²) in [5.74, 6) is -1.13. The number of alkyl halides is 1. The molecule has 0 fully saturated rings. The molecule has 2 N–H and O–H groups in total. The number of aryl methyl sites for hydroxylation is 1. The Hall–Kier alpha value is -2.92. The van der Waals surface area contributed by atoms with Gasteiger partial charge in [-0.2, -0.15) is 0 Å². The summed E-state index contributed by atoms with van der Waals surface area (Å²) in [6.07, 6.45) is 5.11. The van der Waals surface area contributed by atoms with Gasteiger partial charge in [-0.1, -0.05) is 6.08 Å². The van der Waals surface area contributed by atoms with Crippen molar-refractivity contribution >= 4 is 21.8 Å². The topological polar surface area (TPSA) is 98.1 Å². The summed E-state index contributed by atoms with van der Waals surface area (Å²) in [4.78, 5) is 33.0. The van der Waals surface area contributed by atoms with Crippen molar-refractivity contribution in [3.63, 3.8) is 0 Å². The summed E-state index contributed by atoms with van der Waals surface area (Å²) >= 11 is 3.26. The molecule has 0 saturated heterocycles. The van der Waals surface area contributed by atoms with E-state index in [4.69, 9.17) is 4.74 Å². The number of likely N-dealkylation sites (N-methyl/N-ethyl adjacent to an activating group) is 1. The molecule has 8 nitrogen and oxygen atoms in total. The average molecular weight is 524 g/mol. The SMILES string of the molecule is CNCC(=O)NCc1cnc(Cn2c(C)cc(OCC3C=CC(F)=CC3F)c(Br)c2=O)cn1. The number of carbonyl (C=O) groups is 1. The van der Waals surface area contributed by atoms with Crippen LogP contribution in [0.2, 0.25) is 0 Å². The summed E-state index contributed by atoms with van der Waals surface area (Å²) in [5, 5.41) is 5.47. The molecule has 0 saturated carbocycles. The zero-order chi connectivity index (χ0) is 24.0. The van der Waals surface area contributed by atoms with Crippen molar-refractivity contribution in [3.05, 3.63) is 74.4 Å². The minimum Gasteiger partial charge on any atom is -0.491 e. The predicted molar refractivity (Wildman–Crippen MR) is 122 cm³/mol. The first-order valence-corrected chi connectivity index (χ1v) is 11.0. The van der Waals surface area contributed by atoms with Gasteiger partial charge in [0.2, 0.25) is 5.91 Å². The van der Waals surface area contributed by atoms with Crippen molar-refractivity contribution in [1.29, 1.82) is 0 Å². The second kappa shape index (κ2) is 11.3. The van der Waals surface area contributed by atoms with Gasteiger partial charge in [0.25, 0.3) is 5.56 Å². The van der Waals surface area contributed by atoms with Crippen LogP contribution >= 0.6 is 15.9 Å². The Kier molecular flexibility index (Phi) is 8.45. The maximum absolute atomic E-state index is 14.0. The van der Waals surface area contributed by atoms with Crippen molar-refractivity contribution < 1.29 is 18.3 Å². The maximum Gasteiger partial charge on any atom is 0.269 e. The zero-order valence-electron chi connectivity index (χ0n) is 18.1. The van der Waals surface area contributed by atoms with Crippen LogP contribution in [0.4, 0.5) is 8.78 Å². The van der Waals surface area contributed by atoms with E-state index in [1.54, 1.807) is 32.4 Å². The molecule has 1 aliphatic carbocycles. The third kappa shape index (κ3) is 6.55. The van der Waals surface area contributed by atoms with E-state index in [-0.39, 0.29) is 47.9 Å². The van der Waals surface area contributed by atoms with Crippen LogP contribution in [0.3, 0.4) is 0 Å². The van der Waals surface area contributed by atoms with E-state index in [0.29, 0.717) is 17.1 Å². The molecular weight excluding hydrogens is 500 g/mol. The van der Waals surface area contributed by atoms with Gasteiger partial charge < -0.3 is 19.9 Å². The van der Waals surface area contributed by atoms with Crippen LogP contribution in [0, 0.1) is 12.8 Å². The highest BCUT2D eigenvalue weighted by Crippen LogP contribution is 2.26. The minimum atomic E-state index is -1.49. The highest BCUT2D eigenvalue weighted by atomic mass is 79.9. The highest BCUT2D eigenvalue weighted by molar-refractivity contribution is 9.10. The molecule has 2 aromatic heterocycles. The first-order valence-electron chi connectivity index (χ1n) is 10.2. The summed E-state index contributed by atoms with van der Waals surface area (Å²) < 4.78 is 34.4. The van der Waals surface area contributed by atoms with Gasteiger partial charge in [0, 0.05) is 17.7 Å². The molecule has 33 heavy (non-hydrogen) atoms. The lowest BCUT2D eigenvalue weighted by Gasteiger charge is -2.20. The molecular formula is C22H24BrF2N5O3. The fourth-order valence-corrected chi connectivity index (χ4v) is 3.57. The smallest absolute Gasteiger partial charge is 0.269 e. The zero-order valence-corrected chi connectivity index (χ0v) is 19.7. The highest BCUT2D eigenvalue weighted by Gasteiger charge is 2.22. The monoisotopic (exact) mass is 523 g/mol. The van der Waals surface area contributed by atoms with Crippen LogP contribution in [0.5, 0.6) is 5.75 Å². The molecule has 2 aromatic rings. The van der Waals surface area contributed by atoms with Crippen LogP contribution in [0.1, 0.15) is 17.1 Å². The van der Waals surface area contributed by atoms with Crippen molar-refractivity contribution in [2.24, 2.45) is 5.92 Å². The number of nitrogens with zero attached hydrogens (tertiary/aromatic N) is 3. The molecule has 1 aliphatic rings. The number of halogens is 3. The lowest BCUT2D eigenvalue weighted by Crippen LogP contribution is -2.32. The summed E-state index contributed by atoms with van der Waals surface area (Å²) in [7, 11) is 1.68. The molecule has 0 radical (unpaired) electrons. The molecule has 0 spiro atoms. The summed E-state index contributed by atoms with van der Waals surface area (Å²) in [6.45, 7) is 2.36. The number of carbonyl (C=O) groups excluding carboxylic acids is 1. The predicted octanol–water partition coefficient (Wildman–Crippen LogP) is 2.35. The van der Waals surface area contributed by atoms with Gasteiger partial charge in [0.1, 0.15) is 22.2 Å². The van der Waals surface area contributed by atoms with E-state index >= 15 is 0 Å². The van der Waals surface area contributed by atoms with E-state index in [1.165, 1.54) is 16.7 Å². The maximum atomic E-state index is 14.0. The standard InChI is InChI=1S/C22H24BrF2N5O3/c1-13-5-19(33-12-14-3-4-15(24)6-18(14)25)21(23)22(32)30(13)11-17-9-27-16(7-28-17)8-29-20(31)10-26-2/h3-7,9,14,18,26H,8,10-12H2,1-2H3,(H,29,31). The van der Waals surface area contributed by atoms with Gasteiger partial charge in [-0.3, -0.25) is 19.6 Å². The summed E-state index contributed by atoms with van der Waals surface area (Å²) in [5.41, 5.74) is 1.44. The average Bonchev–Trinajstić information content (AvgIpc) is 2.79. The van der Waals surface area contributed by atoms with Crippen LogP contribution in [-0.2, 0) is 17.9 Å². The second-order valence-corrected chi connectivity index (χ2v) is 8.28. The molecule has 11 heteroatoms. The van der Waals surface area contributed by atoms with E-state index in [0.717, 1.165) is 6.08 Å². The molecule has 0 aliphatic heterocycles. The fourth-order valence-electron chi connectivity index (χ4n) is 3.13. The first kappa shape index (κ1) is 24.7. The number of hydrogen-bond donors (Lipinski definition) is 2. The Labute approximate surface area is 197 Å². The largest absolute Gasteiger partial charge is 0.491 e.